The standard InChI is InChI=1S/C27H26Cl2N4O4/c1-15-9-19(28)20(30-12-15)14-37-22-10-17(3)33(26(35)24(22)29)21-11-23(31-13-16(21)2)32-8-6-7-18(25(32)34)27(4,5)36/h6-13,36H,14H2,1-5H3. The largest absolute Gasteiger partial charge is 0.485 e. The van der Waals surface area contributed by atoms with Crippen molar-refractivity contribution in [2.24, 2.45) is 0 Å². The molecule has 0 unspecified atom stereocenters. The van der Waals surface area contributed by atoms with Crippen molar-refractivity contribution < 1.29 is 9.84 Å². The molecular formula is C27H26Cl2N4O4. The summed E-state index contributed by atoms with van der Waals surface area (Å²) in [4.78, 5) is 35.1. The maximum absolute atomic E-state index is 13.4. The molecular weight excluding hydrogens is 515 g/mol. The van der Waals surface area contributed by atoms with E-state index in [-0.39, 0.29) is 22.9 Å². The molecule has 0 radical (unpaired) electrons. The van der Waals surface area contributed by atoms with E-state index in [9.17, 15) is 14.7 Å². The van der Waals surface area contributed by atoms with Gasteiger partial charge in [0.25, 0.3) is 11.1 Å². The van der Waals surface area contributed by atoms with E-state index in [4.69, 9.17) is 27.9 Å². The van der Waals surface area contributed by atoms with Crippen LogP contribution in [0.3, 0.4) is 0 Å². The van der Waals surface area contributed by atoms with E-state index in [0.717, 1.165) is 5.56 Å². The molecule has 0 saturated carbocycles. The van der Waals surface area contributed by atoms with Crippen LogP contribution in [0.5, 0.6) is 5.75 Å². The summed E-state index contributed by atoms with van der Waals surface area (Å²) in [7, 11) is 0. The Bertz CT molecular complexity index is 1620. The molecule has 0 fully saturated rings. The maximum atomic E-state index is 13.4. The number of aliphatic hydroxyl groups is 1. The SMILES string of the molecule is Cc1cnc(COc2cc(C)n(-c3cc(-n4cccc(C(C)(C)O)c4=O)ncc3C)c(=O)c2Cl)c(Cl)c1. The lowest BCUT2D eigenvalue weighted by Gasteiger charge is -2.19. The van der Waals surface area contributed by atoms with E-state index < -0.39 is 16.7 Å². The third kappa shape index (κ3) is 5.32. The van der Waals surface area contributed by atoms with Gasteiger partial charge < -0.3 is 9.84 Å². The van der Waals surface area contributed by atoms with Gasteiger partial charge in [0, 0.05) is 42.0 Å². The number of nitrogens with zero attached hydrogens (tertiary/aromatic N) is 4. The van der Waals surface area contributed by atoms with Crippen LogP contribution in [0, 0.1) is 20.8 Å². The van der Waals surface area contributed by atoms with E-state index in [2.05, 4.69) is 9.97 Å². The van der Waals surface area contributed by atoms with Gasteiger partial charge in [-0.1, -0.05) is 23.2 Å². The van der Waals surface area contributed by atoms with Crippen LogP contribution in [0.25, 0.3) is 11.5 Å². The normalized spacial score (nSPS) is 11.6. The zero-order valence-corrected chi connectivity index (χ0v) is 22.6. The van der Waals surface area contributed by atoms with E-state index in [1.807, 2.05) is 6.92 Å². The van der Waals surface area contributed by atoms with Crippen molar-refractivity contribution in [3.63, 3.8) is 0 Å². The van der Waals surface area contributed by atoms with Crippen molar-refractivity contribution in [2.75, 3.05) is 0 Å². The highest BCUT2D eigenvalue weighted by Gasteiger charge is 2.22. The van der Waals surface area contributed by atoms with Crippen LogP contribution < -0.4 is 15.9 Å². The molecule has 4 heterocycles. The van der Waals surface area contributed by atoms with Crippen LogP contribution in [0.1, 0.15) is 41.9 Å². The number of pyridine rings is 4. The van der Waals surface area contributed by atoms with Gasteiger partial charge in [-0.2, -0.15) is 0 Å². The van der Waals surface area contributed by atoms with Gasteiger partial charge in [-0.05, 0) is 63.9 Å². The summed E-state index contributed by atoms with van der Waals surface area (Å²) in [6.07, 6.45) is 4.81. The predicted molar refractivity (Wildman–Crippen MR) is 143 cm³/mol. The highest BCUT2D eigenvalue weighted by Crippen LogP contribution is 2.27. The summed E-state index contributed by atoms with van der Waals surface area (Å²) in [5, 5.41) is 10.7. The van der Waals surface area contributed by atoms with Crippen LogP contribution in [0.4, 0.5) is 0 Å². The van der Waals surface area contributed by atoms with Gasteiger partial charge >= 0.3 is 0 Å². The molecule has 0 amide bonds. The molecule has 0 aliphatic rings. The summed E-state index contributed by atoms with van der Waals surface area (Å²) >= 11 is 12.7. The van der Waals surface area contributed by atoms with Crippen LogP contribution in [0.15, 0.2) is 58.5 Å². The molecule has 0 aliphatic heterocycles. The second kappa shape index (κ2) is 10.1. The molecule has 8 nitrogen and oxygen atoms in total. The maximum Gasteiger partial charge on any atom is 0.277 e. The van der Waals surface area contributed by atoms with Crippen LogP contribution in [-0.4, -0.2) is 24.2 Å². The first-order valence-electron chi connectivity index (χ1n) is 11.5. The van der Waals surface area contributed by atoms with E-state index in [0.29, 0.717) is 33.5 Å². The summed E-state index contributed by atoms with van der Waals surface area (Å²) in [6, 6.07) is 8.30. The van der Waals surface area contributed by atoms with Crippen LogP contribution >= 0.6 is 23.2 Å². The van der Waals surface area contributed by atoms with Gasteiger partial charge in [-0.3, -0.25) is 23.7 Å². The predicted octanol–water partition coefficient (Wildman–Crippen LogP) is 4.82. The van der Waals surface area contributed by atoms with Gasteiger partial charge in [0.2, 0.25) is 0 Å². The van der Waals surface area contributed by atoms with Gasteiger partial charge in [0.05, 0.1) is 22.0 Å². The quantitative estimate of drug-likeness (QED) is 0.376. The fourth-order valence-electron chi connectivity index (χ4n) is 3.92. The fourth-order valence-corrected chi connectivity index (χ4v) is 4.38. The number of ether oxygens (including phenoxy) is 1. The molecule has 0 aliphatic carbocycles. The number of aromatic nitrogens is 4. The smallest absolute Gasteiger partial charge is 0.277 e. The van der Waals surface area contributed by atoms with Crippen molar-refractivity contribution in [1.82, 2.24) is 19.1 Å². The number of halogens is 2. The average Bonchev–Trinajstić information content (AvgIpc) is 2.82. The Morgan fingerprint density at radius 3 is 2.43 bits per heavy atom. The molecule has 0 aromatic carbocycles. The number of rotatable bonds is 6. The highest BCUT2D eigenvalue weighted by atomic mass is 35.5. The Labute approximate surface area is 223 Å². The first-order valence-corrected chi connectivity index (χ1v) is 12.2. The summed E-state index contributed by atoms with van der Waals surface area (Å²) < 4.78 is 8.58. The minimum Gasteiger partial charge on any atom is -0.485 e. The van der Waals surface area contributed by atoms with Crippen LogP contribution in [0.2, 0.25) is 10.0 Å². The van der Waals surface area contributed by atoms with Crippen molar-refractivity contribution in [1.29, 1.82) is 0 Å². The monoisotopic (exact) mass is 540 g/mol. The van der Waals surface area contributed by atoms with E-state index in [1.54, 1.807) is 76.6 Å². The Morgan fingerprint density at radius 1 is 1.03 bits per heavy atom. The Hall–Kier alpha value is -3.46. The summed E-state index contributed by atoms with van der Waals surface area (Å²) in [5.74, 6) is 0.499. The molecule has 4 rings (SSSR count). The number of hydrogen-bond acceptors (Lipinski definition) is 6. The Kier molecular flexibility index (Phi) is 7.28. The summed E-state index contributed by atoms with van der Waals surface area (Å²) in [6.45, 7) is 8.57. The lowest BCUT2D eigenvalue weighted by atomic mass is 10.0. The molecule has 37 heavy (non-hydrogen) atoms. The molecule has 192 valence electrons. The van der Waals surface area contributed by atoms with Crippen LogP contribution in [-0.2, 0) is 12.2 Å². The third-order valence-corrected chi connectivity index (χ3v) is 6.55. The molecule has 0 atom stereocenters. The second-order valence-electron chi connectivity index (χ2n) is 9.32. The Balaban J connectivity index is 1.76. The van der Waals surface area contributed by atoms with Gasteiger partial charge in [0.15, 0.2) is 0 Å². The molecule has 0 saturated heterocycles. The first kappa shape index (κ1) is 26.6. The zero-order chi connectivity index (χ0) is 27.1. The molecule has 0 bridgehead atoms. The lowest BCUT2D eigenvalue weighted by molar-refractivity contribution is 0.0768. The van der Waals surface area contributed by atoms with E-state index in [1.165, 1.54) is 9.13 Å². The van der Waals surface area contributed by atoms with E-state index >= 15 is 0 Å². The minimum atomic E-state index is -1.33. The molecule has 4 aromatic rings. The molecule has 1 N–H and O–H groups in total. The zero-order valence-electron chi connectivity index (χ0n) is 21.0. The number of aryl methyl sites for hydroxylation is 3. The molecule has 0 spiro atoms. The Morgan fingerprint density at radius 2 is 1.76 bits per heavy atom. The third-order valence-electron chi connectivity index (χ3n) is 5.87. The first-order chi connectivity index (χ1) is 17.4. The average molecular weight is 541 g/mol. The highest BCUT2D eigenvalue weighted by molar-refractivity contribution is 6.32. The van der Waals surface area contributed by atoms with Crippen molar-refractivity contribution in [2.45, 2.75) is 46.8 Å². The van der Waals surface area contributed by atoms with Gasteiger partial charge in [-0.25, -0.2) is 4.98 Å². The fraction of sp³-hybridized carbons (Fsp3) is 0.259. The molecule has 4 aromatic heterocycles. The van der Waals surface area contributed by atoms with Gasteiger partial charge in [-0.15, -0.1) is 0 Å². The van der Waals surface area contributed by atoms with Gasteiger partial charge in [0.1, 0.15) is 23.2 Å². The summed E-state index contributed by atoms with van der Waals surface area (Å²) in [5.41, 5.74) is 1.20. The molecule has 10 heteroatoms. The number of hydrogen-bond donors (Lipinski definition) is 1. The van der Waals surface area contributed by atoms with Crippen molar-refractivity contribution >= 4 is 23.2 Å². The lowest BCUT2D eigenvalue weighted by Crippen LogP contribution is -2.31. The second-order valence-corrected chi connectivity index (χ2v) is 10.1. The van der Waals surface area contributed by atoms with Crippen molar-refractivity contribution in [3.8, 4) is 17.3 Å². The minimum absolute atomic E-state index is 0.0423. The topological polar surface area (TPSA) is 99.2 Å². The van der Waals surface area contributed by atoms with Crippen molar-refractivity contribution in [3.05, 3.63) is 108 Å².